The summed E-state index contributed by atoms with van der Waals surface area (Å²) >= 11 is 5.12. The standard InChI is InChI=1S/C14H21N3O2S2/c1-17(7-8-21(2,18)19)14-11(13(15)20)9-10-5-3-4-6-12(10)16-14/h9H,3-8H2,1-2H3,(H2,15,20). The first kappa shape index (κ1) is 16.2. The quantitative estimate of drug-likeness (QED) is 0.816. The molecule has 0 aromatic carbocycles. The number of sulfone groups is 1. The molecule has 7 heteroatoms. The van der Waals surface area contributed by atoms with Crippen LogP contribution >= 0.6 is 12.2 Å². The van der Waals surface area contributed by atoms with Gasteiger partial charge in [0.15, 0.2) is 0 Å². The second kappa shape index (κ2) is 6.27. The molecule has 1 aliphatic carbocycles. The van der Waals surface area contributed by atoms with Gasteiger partial charge in [-0.1, -0.05) is 12.2 Å². The molecular weight excluding hydrogens is 306 g/mol. The maximum Gasteiger partial charge on any atom is 0.149 e. The lowest BCUT2D eigenvalue weighted by Crippen LogP contribution is -2.29. The van der Waals surface area contributed by atoms with Crippen LogP contribution in [0.5, 0.6) is 0 Å². The van der Waals surface area contributed by atoms with Crippen molar-refractivity contribution in [3.63, 3.8) is 0 Å². The minimum absolute atomic E-state index is 0.0824. The smallest absolute Gasteiger partial charge is 0.149 e. The van der Waals surface area contributed by atoms with E-state index in [0.717, 1.165) is 36.9 Å². The normalized spacial score (nSPS) is 14.6. The van der Waals surface area contributed by atoms with Crippen molar-refractivity contribution in [1.29, 1.82) is 0 Å². The number of aryl methyl sites for hydroxylation is 2. The summed E-state index contributed by atoms with van der Waals surface area (Å²) in [6.45, 7) is 0.375. The second-order valence-corrected chi connectivity index (χ2v) is 8.29. The summed E-state index contributed by atoms with van der Waals surface area (Å²) in [6, 6.07) is 2.02. The average Bonchev–Trinajstić information content (AvgIpc) is 2.42. The molecule has 0 saturated heterocycles. The number of thiocarbonyl (C=S) groups is 1. The molecule has 2 N–H and O–H groups in total. The highest BCUT2D eigenvalue weighted by molar-refractivity contribution is 7.90. The Morgan fingerprint density at radius 3 is 2.71 bits per heavy atom. The Kier molecular flexibility index (Phi) is 4.83. The molecule has 0 radical (unpaired) electrons. The van der Waals surface area contributed by atoms with Gasteiger partial charge >= 0.3 is 0 Å². The Balaban J connectivity index is 2.34. The molecule has 0 aliphatic heterocycles. The lowest BCUT2D eigenvalue weighted by Gasteiger charge is -2.24. The Hall–Kier alpha value is -1.21. The minimum Gasteiger partial charge on any atom is -0.389 e. The maximum absolute atomic E-state index is 11.3. The number of nitrogens with two attached hydrogens (primary N) is 1. The van der Waals surface area contributed by atoms with E-state index in [1.54, 1.807) is 0 Å². The van der Waals surface area contributed by atoms with E-state index in [-0.39, 0.29) is 5.75 Å². The Morgan fingerprint density at radius 1 is 1.43 bits per heavy atom. The first-order valence-corrected chi connectivity index (χ1v) is 9.46. The van der Waals surface area contributed by atoms with Gasteiger partial charge in [0.25, 0.3) is 0 Å². The third-order valence-corrected chi connectivity index (χ3v) is 4.85. The molecule has 2 rings (SSSR count). The van der Waals surface area contributed by atoms with E-state index >= 15 is 0 Å². The number of rotatable bonds is 5. The molecule has 116 valence electrons. The van der Waals surface area contributed by atoms with E-state index in [0.29, 0.717) is 17.4 Å². The molecule has 21 heavy (non-hydrogen) atoms. The van der Waals surface area contributed by atoms with Crippen molar-refractivity contribution in [3.05, 3.63) is 22.9 Å². The molecule has 0 atom stereocenters. The van der Waals surface area contributed by atoms with Gasteiger partial charge in [0.1, 0.15) is 20.6 Å². The molecule has 1 aromatic heterocycles. The van der Waals surface area contributed by atoms with Crippen LogP contribution in [0.15, 0.2) is 6.07 Å². The van der Waals surface area contributed by atoms with Crippen LogP contribution < -0.4 is 10.6 Å². The van der Waals surface area contributed by atoms with E-state index in [9.17, 15) is 8.42 Å². The van der Waals surface area contributed by atoms with Crippen LogP contribution in [0.3, 0.4) is 0 Å². The van der Waals surface area contributed by atoms with Crippen LogP contribution in [-0.2, 0) is 22.7 Å². The zero-order valence-corrected chi connectivity index (χ0v) is 14.1. The third-order valence-electron chi connectivity index (χ3n) is 3.71. The summed E-state index contributed by atoms with van der Waals surface area (Å²) in [5, 5.41) is 0. The summed E-state index contributed by atoms with van der Waals surface area (Å²) in [5.41, 5.74) is 8.85. The van der Waals surface area contributed by atoms with Crippen molar-refractivity contribution >= 4 is 32.9 Å². The molecule has 0 amide bonds. The van der Waals surface area contributed by atoms with Gasteiger partial charge < -0.3 is 10.6 Å². The number of hydrogen-bond acceptors (Lipinski definition) is 5. The molecule has 0 saturated carbocycles. The molecule has 1 aromatic rings. The fourth-order valence-electron chi connectivity index (χ4n) is 2.50. The number of anilines is 1. The number of pyridine rings is 1. The predicted octanol–water partition coefficient (Wildman–Crippen LogP) is 1.08. The summed E-state index contributed by atoms with van der Waals surface area (Å²) in [4.78, 5) is 6.83. The third kappa shape index (κ3) is 4.14. The van der Waals surface area contributed by atoms with E-state index in [1.807, 2.05) is 18.0 Å². The second-order valence-electron chi connectivity index (χ2n) is 5.59. The Morgan fingerprint density at radius 2 is 2.10 bits per heavy atom. The van der Waals surface area contributed by atoms with Crippen LogP contribution in [-0.4, -0.2) is 44.0 Å². The Bertz CT molecular complexity index is 656. The van der Waals surface area contributed by atoms with Crippen molar-refractivity contribution in [2.75, 3.05) is 30.5 Å². The molecule has 0 bridgehead atoms. The van der Waals surface area contributed by atoms with Gasteiger partial charge in [0.2, 0.25) is 0 Å². The fraction of sp³-hybridized carbons (Fsp3) is 0.571. The van der Waals surface area contributed by atoms with Crippen LogP contribution in [0, 0.1) is 0 Å². The topological polar surface area (TPSA) is 76.3 Å². The first-order valence-electron chi connectivity index (χ1n) is 6.99. The number of fused-ring (bicyclic) bond motifs is 1. The van der Waals surface area contributed by atoms with E-state index in [2.05, 4.69) is 0 Å². The van der Waals surface area contributed by atoms with Gasteiger partial charge in [-0.3, -0.25) is 0 Å². The molecule has 0 unspecified atom stereocenters. The zero-order valence-electron chi connectivity index (χ0n) is 12.4. The zero-order chi connectivity index (χ0) is 15.6. The van der Waals surface area contributed by atoms with Crippen LogP contribution in [0.4, 0.5) is 5.82 Å². The van der Waals surface area contributed by atoms with E-state index in [4.69, 9.17) is 22.9 Å². The monoisotopic (exact) mass is 327 g/mol. The summed E-state index contributed by atoms with van der Waals surface area (Å²) in [6.07, 6.45) is 5.49. The number of hydrogen-bond donors (Lipinski definition) is 1. The lowest BCUT2D eigenvalue weighted by molar-refractivity contribution is 0.601. The van der Waals surface area contributed by atoms with Crippen molar-refractivity contribution in [2.45, 2.75) is 25.7 Å². The Labute approximate surface area is 131 Å². The highest BCUT2D eigenvalue weighted by Gasteiger charge is 2.19. The fourth-order valence-corrected chi connectivity index (χ4v) is 3.26. The summed E-state index contributed by atoms with van der Waals surface area (Å²) < 4.78 is 22.6. The van der Waals surface area contributed by atoms with Gasteiger partial charge in [0, 0.05) is 25.5 Å². The molecule has 1 heterocycles. The van der Waals surface area contributed by atoms with Crippen molar-refractivity contribution < 1.29 is 8.42 Å². The van der Waals surface area contributed by atoms with Crippen molar-refractivity contribution in [3.8, 4) is 0 Å². The molecule has 0 fully saturated rings. The molecule has 5 nitrogen and oxygen atoms in total. The van der Waals surface area contributed by atoms with Gasteiger partial charge in [-0.2, -0.15) is 0 Å². The van der Waals surface area contributed by atoms with E-state index < -0.39 is 9.84 Å². The van der Waals surface area contributed by atoms with Crippen molar-refractivity contribution in [2.24, 2.45) is 5.73 Å². The number of aromatic nitrogens is 1. The SMILES string of the molecule is CN(CCS(C)(=O)=O)c1nc2c(cc1C(N)=S)CCCC2. The summed E-state index contributed by atoms with van der Waals surface area (Å²) in [7, 11) is -1.19. The van der Waals surface area contributed by atoms with Crippen LogP contribution in [0.2, 0.25) is 0 Å². The largest absolute Gasteiger partial charge is 0.389 e. The molecule has 1 aliphatic rings. The highest BCUT2D eigenvalue weighted by Crippen LogP contribution is 2.26. The van der Waals surface area contributed by atoms with Gasteiger partial charge in [0.05, 0.1) is 11.3 Å². The lowest BCUT2D eigenvalue weighted by atomic mass is 9.94. The predicted molar refractivity (Wildman–Crippen MR) is 89.7 cm³/mol. The average molecular weight is 327 g/mol. The van der Waals surface area contributed by atoms with Gasteiger partial charge in [-0.05, 0) is 37.3 Å². The molecule has 0 spiro atoms. The highest BCUT2D eigenvalue weighted by atomic mass is 32.2. The minimum atomic E-state index is -3.01. The first-order chi connectivity index (χ1) is 9.78. The van der Waals surface area contributed by atoms with Gasteiger partial charge in [-0.25, -0.2) is 13.4 Å². The van der Waals surface area contributed by atoms with Crippen LogP contribution in [0.1, 0.15) is 29.7 Å². The molecular formula is C14H21N3O2S2. The van der Waals surface area contributed by atoms with E-state index in [1.165, 1.54) is 11.8 Å². The van der Waals surface area contributed by atoms with Crippen molar-refractivity contribution in [1.82, 2.24) is 4.98 Å². The van der Waals surface area contributed by atoms with Gasteiger partial charge in [-0.15, -0.1) is 0 Å². The number of nitrogens with zero attached hydrogens (tertiary/aromatic N) is 2. The van der Waals surface area contributed by atoms with Crippen LogP contribution in [0.25, 0.3) is 0 Å². The summed E-state index contributed by atoms with van der Waals surface area (Å²) in [5.74, 6) is 0.769. The maximum atomic E-state index is 11.3.